The van der Waals surface area contributed by atoms with Gasteiger partial charge in [-0.3, -0.25) is 14.2 Å². The van der Waals surface area contributed by atoms with E-state index in [-0.39, 0.29) is 18.0 Å². The zero-order chi connectivity index (χ0) is 30.6. The number of rotatable bonds is 11. The molecule has 228 valence electrons. The minimum atomic E-state index is -1.16. The number of carbonyl (C=O) groups excluding carboxylic acids is 1. The maximum atomic E-state index is 13.4. The molecule has 43 heavy (non-hydrogen) atoms. The third-order valence-corrected chi connectivity index (χ3v) is 8.78. The van der Waals surface area contributed by atoms with Crippen LogP contribution in [0.1, 0.15) is 61.9 Å². The van der Waals surface area contributed by atoms with Crippen molar-refractivity contribution in [3.05, 3.63) is 88.4 Å². The largest absolute Gasteiger partial charge is 0.388 e. The summed E-state index contributed by atoms with van der Waals surface area (Å²) in [6.07, 6.45) is 8.08. The van der Waals surface area contributed by atoms with Crippen molar-refractivity contribution in [1.29, 1.82) is 0 Å². The summed E-state index contributed by atoms with van der Waals surface area (Å²) < 4.78 is 16.3. The monoisotopic (exact) mass is 588 g/mol. The van der Waals surface area contributed by atoms with Crippen LogP contribution in [0.5, 0.6) is 0 Å². The van der Waals surface area contributed by atoms with Crippen molar-refractivity contribution >= 4 is 16.9 Å². The van der Waals surface area contributed by atoms with Gasteiger partial charge in [0, 0.05) is 24.7 Å². The molecule has 1 N–H and O–H groups in total. The average Bonchev–Trinajstić information content (AvgIpc) is 3.46. The molecule has 0 spiro atoms. The Hall–Kier alpha value is -3.89. The van der Waals surface area contributed by atoms with Gasteiger partial charge in [0.15, 0.2) is 5.65 Å². The van der Waals surface area contributed by atoms with Crippen LogP contribution >= 0.6 is 0 Å². The molecular formula is C33H41FN6O3. The minimum Gasteiger partial charge on any atom is -0.388 e. The van der Waals surface area contributed by atoms with Gasteiger partial charge in [-0.05, 0) is 87.7 Å². The summed E-state index contributed by atoms with van der Waals surface area (Å²) in [5.74, 6) is -0.599. The summed E-state index contributed by atoms with van der Waals surface area (Å²) in [6, 6.07) is 14.3. The van der Waals surface area contributed by atoms with E-state index in [4.69, 9.17) is 0 Å². The first kappa shape index (κ1) is 30.6. The number of hydrogen-bond donors (Lipinski definition) is 1. The molecule has 5 rings (SSSR count). The standard InChI is InChI=1S/C33H41FN6O3/c1-4-6-27(37(3)5-2)14-7-24-8-15-28(16-9-24)40-30-29(21-36-40)32(42)39(23-35-30)22-33(43)17-19-38(20-18-33)31(41)25-10-12-26(34)13-11-25/h8-13,15-16,21,23,27,43H,4-7,14,17-20,22H2,1-3H3. The normalized spacial score (nSPS) is 15.7. The van der Waals surface area contributed by atoms with E-state index in [1.54, 1.807) is 9.58 Å². The van der Waals surface area contributed by atoms with Gasteiger partial charge in [0.2, 0.25) is 0 Å². The van der Waals surface area contributed by atoms with Crippen LogP contribution in [-0.4, -0.2) is 78.5 Å². The Kier molecular flexibility index (Phi) is 9.37. The first-order valence-electron chi connectivity index (χ1n) is 15.2. The SMILES string of the molecule is CCCC(CCc1ccc(-n2ncc3c(=O)n(CC4(O)CCN(C(=O)c5ccc(F)cc5)CC4)cnc32)cc1)N(C)CC. The molecule has 0 radical (unpaired) electrons. The van der Waals surface area contributed by atoms with Crippen molar-refractivity contribution in [2.24, 2.45) is 0 Å². The molecule has 0 bridgehead atoms. The molecule has 0 saturated carbocycles. The van der Waals surface area contributed by atoms with Gasteiger partial charge in [0.05, 0.1) is 24.0 Å². The summed E-state index contributed by atoms with van der Waals surface area (Å²) in [4.78, 5) is 34.8. The molecule has 1 aliphatic heterocycles. The number of piperidine rings is 1. The summed E-state index contributed by atoms with van der Waals surface area (Å²) in [5, 5.41) is 16.1. The smallest absolute Gasteiger partial charge is 0.264 e. The summed E-state index contributed by atoms with van der Waals surface area (Å²) in [5.41, 5.74) is 1.54. The van der Waals surface area contributed by atoms with E-state index < -0.39 is 11.4 Å². The van der Waals surface area contributed by atoms with Gasteiger partial charge in [-0.2, -0.15) is 5.10 Å². The lowest BCUT2D eigenvalue weighted by atomic mass is 9.91. The number of nitrogens with zero attached hydrogens (tertiary/aromatic N) is 6. The predicted molar refractivity (Wildman–Crippen MR) is 165 cm³/mol. The number of aliphatic hydroxyl groups is 1. The number of fused-ring (bicyclic) bond motifs is 1. The predicted octanol–water partition coefficient (Wildman–Crippen LogP) is 4.44. The lowest BCUT2D eigenvalue weighted by Crippen LogP contribution is -2.49. The van der Waals surface area contributed by atoms with E-state index in [2.05, 4.69) is 48.0 Å². The fraction of sp³-hybridized carbons (Fsp3) is 0.455. The van der Waals surface area contributed by atoms with Gasteiger partial charge >= 0.3 is 0 Å². The Bertz CT molecular complexity index is 1590. The van der Waals surface area contributed by atoms with Gasteiger partial charge in [-0.1, -0.05) is 32.4 Å². The average molecular weight is 589 g/mol. The van der Waals surface area contributed by atoms with E-state index in [0.717, 1.165) is 25.1 Å². The molecule has 1 amide bonds. The minimum absolute atomic E-state index is 0.0689. The molecular weight excluding hydrogens is 547 g/mol. The van der Waals surface area contributed by atoms with Gasteiger partial charge in [-0.15, -0.1) is 0 Å². The van der Waals surface area contributed by atoms with Crippen molar-refractivity contribution in [1.82, 2.24) is 29.1 Å². The van der Waals surface area contributed by atoms with Crippen molar-refractivity contribution in [3.8, 4) is 5.69 Å². The van der Waals surface area contributed by atoms with Gasteiger partial charge in [0.1, 0.15) is 17.5 Å². The lowest BCUT2D eigenvalue weighted by Gasteiger charge is -2.38. The Morgan fingerprint density at radius 3 is 2.42 bits per heavy atom. The zero-order valence-electron chi connectivity index (χ0n) is 25.2. The number of carbonyl (C=O) groups is 1. The second-order valence-corrected chi connectivity index (χ2v) is 11.7. The van der Waals surface area contributed by atoms with Gasteiger partial charge in [0.25, 0.3) is 11.5 Å². The van der Waals surface area contributed by atoms with Crippen molar-refractivity contribution in [3.63, 3.8) is 0 Å². The molecule has 1 unspecified atom stereocenters. The molecule has 2 aromatic heterocycles. The quantitative estimate of drug-likeness (QED) is 0.278. The van der Waals surface area contributed by atoms with E-state index in [0.29, 0.717) is 48.6 Å². The van der Waals surface area contributed by atoms with Crippen LogP contribution in [0.25, 0.3) is 16.7 Å². The Balaban J connectivity index is 1.24. The van der Waals surface area contributed by atoms with Crippen LogP contribution in [0.4, 0.5) is 4.39 Å². The fourth-order valence-corrected chi connectivity index (χ4v) is 5.94. The van der Waals surface area contributed by atoms with Crippen molar-refractivity contribution in [2.45, 2.75) is 70.6 Å². The third-order valence-electron chi connectivity index (χ3n) is 8.78. The number of benzene rings is 2. The molecule has 1 fully saturated rings. The Labute approximate surface area is 251 Å². The molecule has 1 atom stereocenters. The molecule has 1 saturated heterocycles. The first-order chi connectivity index (χ1) is 20.7. The topological polar surface area (TPSA) is 96.5 Å². The number of aryl methyl sites for hydroxylation is 1. The van der Waals surface area contributed by atoms with Crippen LogP contribution in [-0.2, 0) is 13.0 Å². The van der Waals surface area contributed by atoms with Gasteiger partial charge < -0.3 is 14.9 Å². The van der Waals surface area contributed by atoms with Crippen molar-refractivity contribution in [2.75, 3.05) is 26.7 Å². The van der Waals surface area contributed by atoms with E-state index in [1.165, 1.54) is 59.8 Å². The molecule has 3 heterocycles. The highest BCUT2D eigenvalue weighted by Crippen LogP contribution is 2.25. The number of likely N-dealkylation sites (tertiary alicyclic amines) is 1. The summed E-state index contributed by atoms with van der Waals surface area (Å²) in [6.45, 7) is 6.21. The highest BCUT2D eigenvalue weighted by Gasteiger charge is 2.35. The highest BCUT2D eigenvalue weighted by molar-refractivity contribution is 5.94. The molecule has 0 aliphatic carbocycles. The van der Waals surface area contributed by atoms with Crippen LogP contribution in [0.15, 0.2) is 65.8 Å². The Morgan fingerprint density at radius 2 is 1.77 bits per heavy atom. The lowest BCUT2D eigenvalue weighted by molar-refractivity contribution is -0.0299. The molecule has 2 aromatic carbocycles. The van der Waals surface area contributed by atoms with E-state index in [9.17, 15) is 19.1 Å². The number of amides is 1. The maximum absolute atomic E-state index is 13.4. The van der Waals surface area contributed by atoms with Crippen LogP contribution < -0.4 is 5.56 Å². The van der Waals surface area contributed by atoms with Gasteiger partial charge in [-0.25, -0.2) is 14.1 Å². The molecule has 9 nitrogen and oxygen atoms in total. The Morgan fingerprint density at radius 1 is 1.07 bits per heavy atom. The second kappa shape index (κ2) is 13.2. The first-order valence-corrected chi connectivity index (χ1v) is 15.2. The number of halogens is 1. The number of aromatic nitrogens is 4. The zero-order valence-corrected chi connectivity index (χ0v) is 25.2. The maximum Gasteiger partial charge on any atom is 0.264 e. The van der Waals surface area contributed by atoms with Crippen LogP contribution in [0.3, 0.4) is 0 Å². The molecule has 10 heteroatoms. The summed E-state index contributed by atoms with van der Waals surface area (Å²) in [7, 11) is 2.19. The van der Waals surface area contributed by atoms with Crippen LogP contribution in [0, 0.1) is 5.82 Å². The van der Waals surface area contributed by atoms with Crippen LogP contribution in [0.2, 0.25) is 0 Å². The van der Waals surface area contributed by atoms with E-state index >= 15 is 0 Å². The van der Waals surface area contributed by atoms with E-state index in [1.807, 2.05) is 12.1 Å². The molecule has 4 aromatic rings. The van der Waals surface area contributed by atoms with Crippen molar-refractivity contribution < 1.29 is 14.3 Å². The second-order valence-electron chi connectivity index (χ2n) is 11.7. The fourth-order valence-electron chi connectivity index (χ4n) is 5.94. The third kappa shape index (κ3) is 6.86. The summed E-state index contributed by atoms with van der Waals surface area (Å²) >= 11 is 0. The number of hydrogen-bond acceptors (Lipinski definition) is 6. The highest BCUT2D eigenvalue weighted by atomic mass is 19.1. The molecule has 1 aliphatic rings.